The van der Waals surface area contributed by atoms with Crippen LogP contribution in [0.15, 0.2) is 0 Å². The molecule has 6 N–H and O–H groups in total. The zero-order valence-electron chi connectivity index (χ0n) is 7.95. The average Bonchev–Trinajstić information content (AvgIpc) is 2.17. The second-order valence-electron chi connectivity index (χ2n) is 3.32. The van der Waals surface area contributed by atoms with Gasteiger partial charge in [-0.1, -0.05) is 0 Å². The summed E-state index contributed by atoms with van der Waals surface area (Å²) < 4.78 is 19.0. The number of aliphatic hydroxyl groups is 4. The molecule has 1 fully saturated rings. The molecule has 1 aliphatic heterocycles. The van der Waals surface area contributed by atoms with Gasteiger partial charge in [-0.15, -0.1) is 0 Å². The Balaban J connectivity index is 0. The second kappa shape index (κ2) is 10.1. The van der Waals surface area contributed by atoms with Gasteiger partial charge >= 0.3 is 111 Å². The quantitative estimate of drug-likeness (QED) is 0.220. The van der Waals surface area contributed by atoms with Gasteiger partial charge in [-0.2, -0.15) is 0 Å². The first kappa shape index (κ1) is 23.4. The van der Waals surface area contributed by atoms with E-state index >= 15 is 0 Å². The van der Waals surface area contributed by atoms with Crippen molar-refractivity contribution < 1.29 is 44.0 Å². The van der Waals surface area contributed by atoms with Crippen molar-refractivity contribution >= 4 is 111 Å². The van der Waals surface area contributed by atoms with Gasteiger partial charge in [0.25, 0.3) is 0 Å². The van der Waals surface area contributed by atoms with E-state index in [-0.39, 0.29) is 103 Å². The number of hydrogen-bond donors (Lipinski definition) is 6. The number of rotatable bonds is 3. The number of phosphoric acid groups is 1. The molecule has 12 heteroatoms. The Kier molecular flexibility index (Phi) is 13.1. The fraction of sp³-hybridized carbons (Fsp3) is 1.00. The Morgan fingerprint density at radius 2 is 1.50 bits per heavy atom. The van der Waals surface area contributed by atoms with Crippen molar-refractivity contribution in [2.24, 2.45) is 0 Å². The van der Waals surface area contributed by atoms with Gasteiger partial charge in [-0.25, -0.2) is 4.57 Å². The third kappa shape index (κ3) is 7.45. The maximum absolute atomic E-state index is 10.4. The number of phosphoric ester groups is 1. The van der Waals surface area contributed by atoms with E-state index in [0.717, 1.165) is 0 Å². The number of hydrogen-bond acceptors (Lipinski definition) is 7. The molecule has 0 saturated carbocycles. The topological polar surface area (TPSA) is 157 Å². The van der Waals surface area contributed by atoms with Crippen LogP contribution in [0.4, 0.5) is 0 Å². The van der Waals surface area contributed by atoms with Crippen molar-refractivity contribution in [1.82, 2.24) is 0 Å². The molecule has 1 rings (SSSR count). The molecular weight excluding hydrogens is 325 g/mol. The van der Waals surface area contributed by atoms with Crippen LogP contribution in [0, 0.1) is 0 Å². The predicted octanol–water partition coefficient (Wildman–Crippen LogP) is -4.40. The van der Waals surface area contributed by atoms with Crippen LogP contribution < -0.4 is 0 Å². The normalized spacial score (nSPS) is 36.4. The summed E-state index contributed by atoms with van der Waals surface area (Å²) in [7, 11) is -4.73. The second-order valence-corrected chi connectivity index (χ2v) is 4.56. The van der Waals surface area contributed by atoms with Gasteiger partial charge in [-0.3, -0.25) is 4.52 Å². The summed E-state index contributed by atoms with van der Waals surface area (Å²) in [5, 5.41) is 36.7. The fourth-order valence-corrected chi connectivity index (χ4v) is 1.58. The zero-order chi connectivity index (χ0) is 12.5. The first-order valence-electron chi connectivity index (χ1n) is 4.30. The summed E-state index contributed by atoms with van der Waals surface area (Å²) in [5.41, 5.74) is 0. The van der Waals surface area contributed by atoms with Gasteiger partial charge in [0.1, 0.15) is 24.4 Å². The predicted molar refractivity (Wildman–Crippen MR) is 61.2 cm³/mol. The minimum atomic E-state index is -4.73. The minimum absolute atomic E-state index is 0. The van der Waals surface area contributed by atoms with Gasteiger partial charge in [-0.05, 0) is 0 Å². The molecule has 5 atom stereocenters. The van der Waals surface area contributed by atoms with Gasteiger partial charge in [0.15, 0.2) is 6.29 Å². The van der Waals surface area contributed by atoms with Crippen LogP contribution in [-0.4, -0.2) is 170 Å². The molecule has 0 amide bonds. The van der Waals surface area contributed by atoms with Crippen molar-refractivity contribution in [3.05, 3.63) is 0 Å². The molecular formula is C6H15K2O9P. The molecule has 9 nitrogen and oxygen atoms in total. The van der Waals surface area contributed by atoms with Crippen LogP contribution in [0.3, 0.4) is 0 Å². The summed E-state index contributed by atoms with van der Waals surface area (Å²) in [6.07, 6.45) is -8.11. The van der Waals surface area contributed by atoms with Gasteiger partial charge in [0.05, 0.1) is 6.61 Å². The van der Waals surface area contributed by atoms with Gasteiger partial charge in [0, 0.05) is 0 Å². The van der Waals surface area contributed by atoms with Gasteiger partial charge in [0.2, 0.25) is 0 Å². The molecule has 0 bridgehead atoms. The van der Waals surface area contributed by atoms with Crippen LogP contribution >= 0.6 is 7.82 Å². The standard InChI is InChI=1S/C6H13O9P.2K.2H/c7-3-2(1-14-16(11,12)13)15-6(10)5(9)4(3)8;;;;/h2-10H,1H2,(H2,11,12,13);;;;/t2-,3-,4+,5-,6+;;;;/m1..../s1. The molecule has 1 saturated heterocycles. The summed E-state index contributed by atoms with van der Waals surface area (Å²) >= 11 is 0. The van der Waals surface area contributed by atoms with Crippen molar-refractivity contribution in [2.45, 2.75) is 30.7 Å². The zero-order valence-corrected chi connectivity index (χ0v) is 8.84. The molecule has 0 unspecified atom stereocenters. The molecule has 0 aliphatic carbocycles. The molecule has 0 aromatic carbocycles. The van der Waals surface area contributed by atoms with E-state index in [1.807, 2.05) is 0 Å². The van der Waals surface area contributed by atoms with Crippen LogP contribution in [-0.2, 0) is 13.8 Å². The third-order valence-corrected chi connectivity index (χ3v) is 2.58. The van der Waals surface area contributed by atoms with E-state index in [2.05, 4.69) is 9.26 Å². The Hall–Kier alpha value is 3.18. The van der Waals surface area contributed by atoms with E-state index in [4.69, 9.17) is 20.0 Å². The van der Waals surface area contributed by atoms with Crippen molar-refractivity contribution in [3.63, 3.8) is 0 Å². The van der Waals surface area contributed by atoms with Crippen molar-refractivity contribution in [1.29, 1.82) is 0 Å². The van der Waals surface area contributed by atoms with Gasteiger partial charge < -0.3 is 34.9 Å². The van der Waals surface area contributed by atoms with E-state index in [1.54, 1.807) is 0 Å². The molecule has 100 valence electrons. The molecule has 0 aromatic heterocycles. The first-order valence-corrected chi connectivity index (χ1v) is 5.83. The van der Waals surface area contributed by atoms with Crippen LogP contribution in [0.2, 0.25) is 0 Å². The third-order valence-electron chi connectivity index (χ3n) is 2.09. The SMILES string of the molecule is O=P(O)(O)OC[C@H]1O[C@H](O)[C@H](O)[C@@H](O)[C@@H]1O.[KH].[KH]. The van der Waals surface area contributed by atoms with E-state index in [1.165, 1.54) is 0 Å². The molecule has 0 spiro atoms. The van der Waals surface area contributed by atoms with Crippen LogP contribution in [0.1, 0.15) is 0 Å². The van der Waals surface area contributed by atoms with E-state index in [9.17, 15) is 14.8 Å². The summed E-state index contributed by atoms with van der Waals surface area (Å²) in [6, 6.07) is 0. The number of aliphatic hydroxyl groups excluding tert-OH is 4. The molecule has 1 aliphatic rings. The summed E-state index contributed by atoms with van der Waals surface area (Å²) in [4.78, 5) is 16.8. The fourth-order valence-electron chi connectivity index (χ4n) is 1.24. The Morgan fingerprint density at radius 3 is 1.94 bits per heavy atom. The van der Waals surface area contributed by atoms with Crippen LogP contribution in [0.5, 0.6) is 0 Å². The first-order chi connectivity index (χ1) is 7.22. The maximum atomic E-state index is 10.4. The molecule has 0 radical (unpaired) electrons. The number of ether oxygens (including phenoxy) is 1. The van der Waals surface area contributed by atoms with Crippen LogP contribution in [0.25, 0.3) is 0 Å². The molecule has 0 aromatic rings. The van der Waals surface area contributed by atoms with E-state index in [0.29, 0.717) is 0 Å². The van der Waals surface area contributed by atoms with Crippen molar-refractivity contribution in [2.75, 3.05) is 6.61 Å². The Bertz CT molecular complexity index is 286. The van der Waals surface area contributed by atoms with E-state index < -0.39 is 45.1 Å². The summed E-state index contributed by atoms with van der Waals surface area (Å²) in [5.74, 6) is 0. The molecule has 18 heavy (non-hydrogen) atoms. The Labute approximate surface area is 188 Å². The average molecular weight is 340 g/mol. The monoisotopic (exact) mass is 340 g/mol. The Morgan fingerprint density at radius 1 is 1.00 bits per heavy atom. The van der Waals surface area contributed by atoms with Crippen molar-refractivity contribution in [3.8, 4) is 0 Å². The summed E-state index contributed by atoms with van der Waals surface area (Å²) in [6.45, 7) is -0.730. The molecule has 1 heterocycles.